The summed E-state index contributed by atoms with van der Waals surface area (Å²) in [6.07, 6.45) is 3.75. The van der Waals surface area contributed by atoms with Crippen molar-refractivity contribution < 1.29 is 0 Å². The monoisotopic (exact) mass is 276 g/mol. The van der Waals surface area contributed by atoms with Gasteiger partial charge < -0.3 is 10.6 Å². The molecule has 0 aliphatic carbocycles. The molecule has 1 saturated heterocycles. The second-order valence-corrected chi connectivity index (χ2v) is 6.48. The first-order valence-electron chi connectivity index (χ1n) is 7.10. The molecule has 2 nitrogen and oxygen atoms in total. The van der Waals surface area contributed by atoms with E-state index in [0.717, 1.165) is 18.7 Å². The minimum atomic E-state index is 0.502. The highest BCUT2D eigenvalue weighted by atomic mass is 32.1. The summed E-state index contributed by atoms with van der Waals surface area (Å²) in [7, 11) is 0. The average molecular weight is 276 g/mol. The molecule has 0 bridgehead atoms. The predicted molar refractivity (Wildman–Crippen MR) is 86.9 cm³/mol. The highest BCUT2D eigenvalue weighted by Crippen LogP contribution is 2.36. The molecule has 1 heterocycles. The van der Waals surface area contributed by atoms with E-state index >= 15 is 0 Å². The fourth-order valence-electron chi connectivity index (χ4n) is 2.76. The van der Waals surface area contributed by atoms with Gasteiger partial charge in [-0.1, -0.05) is 44.1 Å². The minimum Gasteiger partial charge on any atom is -0.389 e. The largest absolute Gasteiger partial charge is 0.389 e. The normalized spacial score (nSPS) is 18.4. The van der Waals surface area contributed by atoms with Gasteiger partial charge >= 0.3 is 0 Å². The van der Waals surface area contributed by atoms with Crippen LogP contribution in [0.3, 0.4) is 0 Å². The summed E-state index contributed by atoms with van der Waals surface area (Å²) in [4.78, 5) is 2.94. The van der Waals surface area contributed by atoms with Gasteiger partial charge in [-0.05, 0) is 37.3 Å². The van der Waals surface area contributed by atoms with Crippen molar-refractivity contribution in [2.24, 2.45) is 11.1 Å². The maximum absolute atomic E-state index is 5.87. The quantitative estimate of drug-likeness (QED) is 0.855. The molecule has 104 valence electrons. The van der Waals surface area contributed by atoms with Gasteiger partial charge in [0, 0.05) is 24.3 Å². The molecule has 1 aromatic carbocycles. The third-order valence-electron chi connectivity index (χ3n) is 4.58. The summed E-state index contributed by atoms with van der Waals surface area (Å²) in [6.45, 7) is 8.97. The molecule has 2 N–H and O–H groups in total. The molecule has 0 radical (unpaired) electrons. The summed E-state index contributed by atoms with van der Waals surface area (Å²) in [5.74, 6) is 0. The van der Waals surface area contributed by atoms with Crippen LogP contribution < -0.4 is 10.6 Å². The van der Waals surface area contributed by atoms with Crippen molar-refractivity contribution in [3.05, 3.63) is 29.3 Å². The second-order valence-electron chi connectivity index (χ2n) is 6.04. The smallest absolute Gasteiger partial charge is 0.106 e. The van der Waals surface area contributed by atoms with E-state index in [0.29, 0.717) is 10.4 Å². The molecular formula is C16H24N2S. The third kappa shape index (κ3) is 3.08. The summed E-state index contributed by atoms with van der Waals surface area (Å²) in [5.41, 5.74) is 9.82. The first kappa shape index (κ1) is 14.3. The van der Waals surface area contributed by atoms with E-state index < -0.39 is 0 Å². The maximum atomic E-state index is 5.87. The zero-order valence-electron chi connectivity index (χ0n) is 12.2. The lowest BCUT2D eigenvalue weighted by molar-refractivity contribution is 0.238. The van der Waals surface area contributed by atoms with Crippen LogP contribution in [0.15, 0.2) is 18.2 Å². The van der Waals surface area contributed by atoms with Gasteiger partial charge in [-0.3, -0.25) is 0 Å². The van der Waals surface area contributed by atoms with Crippen molar-refractivity contribution in [2.45, 2.75) is 40.0 Å². The Bertz CT molecular complexity index is 474. The van der Waals surface area contributed by atoms with Gasteiger partial charge in [-0.2, -0.15) is 0 Å². The lowest BCUT2D eigenvalue weighted by Gasteiger charge is -2.40. The van der Waals surface area contributed by atoms with Gasteiger partial charge in [0.1, 0.15) is 4.99 Å². The molecule has 0 atom stereocenters. The number of anilines is 1. The molecule has 1 aliphatic heterocycles. The first-order chi connectivity index (χ1) is 8.95. The van der Waals surface area contributed by atoms with Crippen LogP contribution in [0.4, 0.5) is 5.69 Å². The lowest BCUT2D eigenvalue weighted by atomic mass is 9.78. The van der Waals surface area contributed by atoms with Gasteiger partial charge in [0.25, 0.3) is 0 Å². The van der Waals surface area contributed by atoms with Crippen molar-refractivity contribution in [2.75, 3.05) is 18.0 Å². The molecule has 0 unspecified atom stereocenters. The van der Waals surface area contributed by atoms with E-state index in [4.69, 9.17) is 18.0 Å². The van der Waals surface area contributed by atoms with Crippen LogP contribution in [-0.2, 0) is 0 Å². The highest BCUT2D eigenvalue weighted by molar-refractivity contribution is 7.80. The molecule has 0 spiro atoms. The van der Waals surface area contributed by atoms with Crippen LogP contribution in [0.5, 0.6) is 0 Å². The Morgan fingerprint density at radius 3 is 2.53 bits per heavy atom. The number of thiocarbonyl (C=S) groups is 1. The molecule has 1 aliphatic rings. The van der Waals surface area contributed by atoms with Gasteiger partial charge in [0.05, 0.1) is 0 Å². The molecule has 2 rings (SSSR count). The number of piperidine rings is 1. The minimum absolute atomic E-state index is 0.502. The van der Waals surface area contributed by atoms with Crippen LogP contribution in [0.1, 0.15) is 44.2 Å². The molecule has 1 aromatic rings. The van der Waals surface area contributed by atoms with E-state index in [1.54, 1.807) is 0 Å². The van der Waals surface area contributed by atoms with Crippen LogP contribution in [0.25, 0.3) is 0 Å². The van der Waals surface area contributed by atoms with Crippen LogP contribution in [0.2, 0.25) is 0 Å². The molecule has 0 amide bonds. The van der Waals surface area contributed by atoms with Crippen molar-refractivity contribution in [3.63, 3.8) is 0 Å². The second kappa shape index (κ2) is 5.49. The number of benzene rings is 1. The molecule has 0 aromatic heterocycles. The fourth-order valence-corrected chi connectivity index (χ4v) is 2.93. The Labute approximate surface area is 122 Å². The number of hydrogen-bond donors (Lipinski definition) is 1. The Morgan fingerprint density at radius 1 is 1.37 bits per heavy atom. The summed E-state index contributed by atoms with van der Waals surface area (Å²) >= 11 is 5.20. The van der Waals surface area contributed by atoms with E-state index in [9.17, 15) is 0 Å². The Hall–Kier alpha value is -1.09. The number of nitrogens with two attached hydrogens (primary N) is 1. The van der Waals surface area contributed by atoms with Gasteiger partial charge in [0.15, 0.2) is 0 Å². The lowest BCUT2D eigenvalue weighted by Crippen LogP contribution is -2.39. The van der Waals surface area contributed by atoms with Crippen molar-refractivity contribution >= 4 is 22.9 Å². The Balaban J connectivity index is 2.22. The molecule has 3 heteroatoms. The topological polar surface area (TPSA) is 29.3 Å². The molecular weight excluding hydrogens is 252 g/mol. The predicted octanol–water partition coefficient (Wildman–Crippen LogP) is 3.65. The fraction of sp³-hybridized carbons (Fsp3) is 0.562. The van der Waals surface area contributed by atoms with Gasteiger partial charge in [0.2, 0.25) is 0 Å². The van der Waals surface area contributed by atoms with Crippen LogP contribution in [0, 0.1) is 12.3 Å². The summed E-state index contributed by atoms with van der Waals surface area (Å²) in [6, 6.07) is 6.41. The van der Waals surface area contributed by atoms with E-state index in [2.05, 4.69) is 43.9 Å². The number of hydrogen-bond acceptors (Lipinski definition) is 2. The van der Waals surface area contributed by atoms with Gasteiger partial charge in [-0.15, -0.1) is 0 Å². The molecule has 19 heavy (non-hydrogen) atoms. The maximum Gasteiger partial charge on any atom is 0.106 e. The van der Waals surface area contributed by atoms with E-state index in [1.807, 2.05) is 0 Å². The van der Waals surface area contributed by atoms with Crippen LogP contribution >= 0.6 is 12.2 Å². The number of rotatable bonds is 3. The summed E-state index contributed by atoms with van der Waals surface area (Å²) < 4.78 is 0. The number of nitrogens with zero attached hydrogens (tertiary/aromatic N) is 1. The van der Waals surface area contributed by atoms with E-state index in [1.165, 1.54) is 30.5 Å². The summed E-state index contributed by atoms with van der Waals surface area (Å²) in [5, 5.41) is 0. The Kier molecular flexibility index (Phi) is 4.14. The number of aryl methyl sites for hydroxylation is 1. The van der Waals surface area contributed by atoms with E-state index in [-0.39, 0.29) is 0 Å². The standard InChI is InChI=1S/C16H24N2S/c1-4-16(3)7-9-18(10-8-16)14-6-5-12(2)11-13(14)15(17)19/h5-6,11H,4,7-10H2,1-3H3,(H2,17,19). The Morgan fingerprint density at radius 2 is 2.00 bits per heavy atom. The van der Waals surface area contributed by atoms with Gasteiger partial charge in [-0.25, -0.2) is 0 Å². The SMILES string of the molecule is CCC1(C)CCN(c2ccc(C)cc2C(N)=S)CC1. The first-order valence-corrected chi connectivity index (χ1v) is 7.51. The average Bonchev–Trinajstić information content (AvgIpc) is 2.40. The van der Waals surface area contributed by atoms with Crippen LogP contribution in [-0.4, -0.2) is 18.1 Å². The zero-order valence-corrected chi connectivity index (χ0v) is 13.0. The highest BCUT2D eigenvalue weighted by Gasteiger charge is 2.29. The zero-order chi connectivity index (χ0) is 14.0. The molecule has 1 fully saturated rings. The van der Waals surface area contributed by atoms with Crippen molar-refractivity contribution in [3.8, 4) is 0 Å². The van der Waals surface area contributed by atoms with Crippen molar-refractivity contribution in [1.29, 1.82) is 0 Å². The molecule has 0 saturated carbocycles. The van der Waals surface area contributed by atoms with Crippen molar-refractivity contribution in [1.82, 2.24) is 0 Å². The third-order valence-corrected chi connectivity index (χ3v) is 4.80.